The van der Waals surface area contributed by atoms with E-state index in [0.29, 0.717) is 22.9 Å². The lowest BCUT2D eigenvalue weighted by molar-refractivity contribution is 0.355. The van der Waals surface area contributed by atoms with E-state index in [1.165, 1.54) is 31.0 Å². The molecule has 0 saturated carbocycles. The fourth-order valence-electron chi connectivity index (χ4n) is 3.36. The van der Waals surface area contributed by atoms with Gasteiger partial charge in [-0.3, -0.25) is 14.5 Å². The molecule has 3 heterocycles. The first-order valence-electron chi connectivity index (χ1n) is 10.1. The van der Waals surface area contributed by atoms with Crippen molar-refractivity contribution in [2.45, 2.75) is 10.9 Å². The first kappa shape index (κ1) is 22.5. The molecule has 0 spiro atoms. The summed E-state index contributed by atoms with van der Waals surface area (Å²) in [6.45, 7) is 0. The molecule has 0 unspecified atom stereocenters. The van der Waals surface area contributed by atoms with Crippen LogP contribution in [0.5, 0.6) is 11.5 Å². The molecule has 0 radical (unpaired) electrons. The first-order chi connectivity index (χ1) is 17.0. The Hall–Kier alpha value is -4.26. The third kappa shape index (κ3) is 4.21. The van der Waals surface area contributed by atoms with Gasteiger partial charge in [0, 0.05) is 11.6 Å². The fourth-order valence-corrected chi connectivity index (χ4v) is 4.20. The Morgan fingerprint density at radius 2 is 1.89 bits per heavy atom. The van der Waals surface area contributed by atoms with Crippen LogP contribution >= 0.6 is 11.8 Å². The molecule has 3 aromatic heterocycles. The quantitative estimate of drug-likeness (QED) is 0.264. The Labute approximate surface area is 199 Å². The van der Waals surface area contributed by atoms with Crippen LogP contribution in [-0.2, 0) is 5.75 Å². The molecule has 10 nitrogen and oxygen atoms in total. The lowest BCUT2D eigenvalue weighted by Gasteiger charge is -2.11. The van der Waals surface area contributed by atoms with Crippen molar-refractivity contribution >= 4 is 22.8 Å². The van der Waals surface area contributed by atoms with Crippen LogP contribution in [0, 0.1) is 11.6 Å². The summed E-state index contributed by atoms with van der Waals surface area (Å²) in [6, 6.07) is 8.36. The number of rotatable bonds is 7. The number of fused-ring (bicyclic) bond motifs is 1. The second-order valence-electron chi connectivity index (χ2n) is 7.14. The molecule has 2 aromatic carbocycles. The number of aromatic nitrogens is 6. The van der Waals surface area contributed by atoms with Crippen molar-refractivity contribution in [3.63, 3.8) is 0 Å². The van der Waals surface area contributed by atoms with Crippen molar-refractivity contribution in [1.29, 1.82) is 0 Å². The summed E-state index contributed by atoms with van der Waals surface area (Å²) in [4.78, 5) is 21.9. The molecule has 5 rings (SSSR count). The van der Waals surface area contributed by atoms with E-state index in [9.17, 15) is 13.6 Å². The maximum Gasteiger partial charge on any atom is 0.269 e. The van der Waals surface area contributed by atoms with Gasteiger partial charge in [0.15, 0.2) is 33.9 Å². The molecule has 5 aromatic rings. The normalized spacial score (nSPS) is 11.2. The SMILES string of the molecule is COc1ccc(-c2noc(CSc3nc4[nH]ncc4c(=O)n3-c3ccc(F)c(F)c3)n2)cc1OC. The number of nitrogens with one attached hydrogen (secondary N) is 1. The molecule has 178 valence electrons. The number of thioether (sulfide) groups is 1. The molecule has 0 aliphatic heterocycles. The van der Waals surface area contributed by atoms with Crippen molar-refractivity contribution in [2.24, 2.45) is 0 Å². The van der Waals surface area contributed by atoms with Crippen LogP contribution in [0.4, 0.5) is 8.78 Å². The van der Waals surface area contributed by atoms with Gasteiger partial charge < -0.3 is 14.0 Å². The van der Waals surface area contributed by atoms with Gasteiger partial charge in [0.25, 0.3) is 5.56 Å². The summed E-state index contributed by atoms with van der Waals surface area (Å²) in [5.41, 5.74) is 0.531. The van der Waals surface area contributed by atoms with E-state index in [-0.39, 0.29) is 33.5 Å². The van der Waals surface area contributed by atoms with Crippen LogP contribution in [0.15, 0.2) is 57.1 Å². The summed E-state index contributed by atoms with van der Waals surface area (Å²) in [5, 5.41) is 10.9. The molecular formula is C22H16F2N6O4S. The van der Waals surface area contributed by atoms with Crippen LogP contribution < -0.4 is 15.0 Å². The molecule has 0 aliphatic rings. The summed E-state index contributed by atoms with van der Waals surface area (Å²) >= 11 is 1.11. The summed E-state index contributed by atoms with van der Waals surface area (Å²) in [7, 11) is 3.06. The molecule has 0 aliphatic carbocycles. The van der Waals surface area contributed by atoms with E-state index in [1.807, 2.05) is 0 Å². The van der Waals surface area contributed by atoms with Gasteiger partial charge in [-0.1, -0.05) is 16.9 Å². The van der Waals surface area contributed by atoms with Gasteiger partial charge in [0.1, 0.15) is 5.39 Å². The highest BCUT2D eigenvalue weighted by Crippen LogP contribution is 2.32. The molecule has 13 heteroatoms. The molecule has 35 heavy (non-hydrogen) atoms. The molecule has 0 atom stereocenters. The number of halogens is 2. The minimum atomic E-state index is -1.09. The summed E-state index contributed by atoms with van der Waals surface area (Å²) in [6.07, 6.45) is 1.32. The van der Waals surface area contributed by atoms with Crippen LogP contribution in [0.2, 0.25) is 0 Å². The molecule has 0 amide bonds. The Morgan fingerprint density at radius 3 is 2.66 bits per heavy atom. The zero-order valence-corrected chi connectivity index (χ0v) is 19.1. The van der Waals surface area contributed by atoms with E-state index in [4.69, 9.17) is 14.0 Å². The lowest BCUT2D eigenvalue weighted by Crippen LogP contribution is -2.21. The largest absolute Gasteiger partial charge is 0.493 e. The lowest BCUT2D eigenvalue weighted by atomic mass is 10.2. The highest BCUT2D eigenvalue weighted by molar-refractivity contribution is 7.98. The number of methoxy groups -OCH3 is 2. The highest BCUT2D eigenvalue weighted by Gasteiger charge is 2.18. The average molecular weight is 498 g/mol. The zero-order chi connectivity index (χ0) is 24.5. The minimum Gasteiger partial charge on any atom is -0.493 e. The Bertz CT molecular complexity index is 1600. The van der Waals surface area contributed by atoms with Crippen LogP contribution in [0.1, 0.15) is 5.89 Å². The van der Waals surface area contributed by atoms with Crippen molar-refractivity contribution in [2.75, 3.05) is 14.2 Å². The van der Waals surface area contributed by atoms with Gasteiger partial charge in [-0.2, -0.15) is 10.1 Å². The number of hydrogen-bond acceptors (Lipinski definition) is 9. The van der Waals surface area contributed by atoms with Gasteiger partial charge in [0.05, 0.1) is 31.9 Å². The monoisotopic (exact) mass is 498 g/mol. The van der Waals surface area contributed by atoms with Crippen molar-refractivity contribution < 1.29 is 22.8 Å². The maximum atomic E-state index is 13.9. The second-order valence-corrected chi connectivity index (χ2v) is 8.08. The minimum absolute atomic E-state index is 0.114. The van der Waals surface area contributed by atoms with Gasteiger partial charge in [-0.25, -0.2) is 13.8 Å². The van der Waals surface area contributed by atoms with Gasteiger partial charge in [-0.15, -0.1) is 0 Å². The maximum absolute atomic E-state index is 13.9. The number of hydrogen-bond donors (Lipinski definition) is 1. The van der Waals surface area contributed by atoms with E-state index >= 15 is 0 Å². The van der Waals surface area contributed by atoms with Gasteiger partial charge in [0.2, 0.25) is 11.7 Å². The number of nitrogens with zero attached hydrogens (tertiary/aromatic N) is 5. The van der Waals surface area contributed by atoms with E-state index in [1.54, 1.807) is 18.2 Å². The Morgan fingerprint density at radius 1 is 1.06 bits per heavy atom. The standard InChI is InChI=1S/C22H16F2N6O4S/c1-32-16-6-3-11(7-17(16)33-2)19-26-18(34-29-19)10-35-22-27-20-13(9-25-28-20)21(31)30(22)12-4-5-14(23)15(24)8-12/h3-9H,10H2,1-2H3,(H,25,28). The Balaban J connectivity index is 1.47. The predicted molar refractivity (Wildman–Crippen MR) is 122 cm³/mol. The molecule has 0 fully saturated rings. The van der Waals surface area contributed by atoms with E-state index in [0.717, 1.165) is 23.9 Å². The van der Waals surface area contributed by atoms with Crippen molar-refractivity contribution in [1.82, 2.24) is 29.9 Å². The van der Waals surface area contributed by atoms with Crippen molar-refractivity contribution in [3.8, 4) is 28.6 Å². The summed E-state index contributed by atoms with van der Waals surface area (Å²) in [5.74, 6) is -0.303. The average Bonchev–Trinajstić information content (AvgIpc) is 3.54. The molecule has 0 bridgehead atoms. The zero-order valence-electron chi connectivity index (χ0n) is 18.3. The summed E-state index contributed by atoms with van der Waals surface area (Å²) < 4.78 is 44.5. The molecule has 0 saturated heterocycles. The number of benzene rings is 2. The van der Waals surface area contributed by atoms with Crippen LogP contribution in [0.25, 0.3) is 28.1 Å². The van der Waals surface area contributed by atoms with E-state index in [2.05, 4.69) is 25.3 Å². The van der Waals surface area contributed by atoms with Crippen LogP contribution in [-0.4, -0.2) is 44.1 Å². The Kier molecular flexibility index (Phi) is 5.91. The predicted octanol–water partition coefficient (Wildman–Crippen LogP) is 3.75. The smallest absolute Gasteiger partial charge is 0.269 e. The number of aromatic amines is 1. The van der Waals surface area contributed by atoms with Gasteiger partial charge >= 0.3 is 0 Å². The first-order valence-corrected chi connectivity index (χ1v) is 11.1. The topological polar surface area (TPSA) is 121 Å². The molecule has 1 N–H and O–H groups in total. The van der Waals surface area contributed by atoms with Gasteiger partial charge in [-0.05, 0) is 30.3 Å². The fraction of sp³-hybridized carbons (Fsp3) is 0.136. The van der Waals surface area contributed by atoms with Crippen molar-refractivity contribution in [3.05, 3.63) is 70.5 Å². The molecular weight excluding hydrogens is 482 g/mol. The number of ether oxygens (including phenoxy) is 2. The second kappa shape index (κ2) is 9.18. The van der Waals surface area contributed by atoms with Crippen LogP contribution in [0.3, 0.4) is 0 Å². The highest BCUT2D eigenvalue weighted by atomic mass is 32.2. The third-order valence-corrected chi connectivity index (χ3v) is 5.97. The third-order valence-electron chi connectivity index (χ3n) is 5.05. The number of H-pyrrole nitrogens is 1. The van der Waals surface area contributed by atoms with E-state index < -0.39 is 17.2 Å².